The minimum atomic E-state index is -0.428. The molecule has 1 heterocycles. The Hall–Kier alpha value is -2.82. The quantitative estimate of drug-likeness (QED) is 0.815. The molecule has 0 saturated heterocycles. The minimum Gasteiger partial charge on any atom is -0.370 e. The normalized spacial score (nSPS) is 15.9. The van der Waals surface area contributed by atoms with Gasteiger partial charge in [0.2, 0.25) is 5.91 Å². The highest BCUT2D eigenvalue weighted by molar-refractivity contribution is 6.04. The number of anilines is 3. The van der Waals surface area contributed by atoms with Crippen LogP contribution in [-0.2, 0) is 9.59 Å². The van der Waals surface area contributed by atoms with Crippen molar-refractivity contribution in [2.45, 2.75) is 19.9 Å². The molecule has 3 rings (SSSR count). The van der Waals surface area contributed by atoms with Gasteiger partial charge in [-0.3, -0.25) is 9.59 Å². The van der Waals surface area contributed by atoms with E-state index in [1.165, 1.54) is 6.92 Å². The van der Waals surface area contributed by atoms with Crippen LogP contribution in [-0.4, -0.2) is 11.8 Å². The maximum Gasteiger partial charge on any atom is 0.251 e. The summed E-state index contributed by atoms with van der Waals surface area (Å²) >= 11 is 0. The summed E-state index contributed by atoms with van der Waals surface area (Å²) in [6.45, 7) is 3.46. The number of carbonyl (C=O) groups is 2. The van der Waals surface area contributed by atoms with Gasteiger partial charge >= 0.3 is 0 Å². The van der Waals surface area contributed by atoms with E-state index in [0.29, 0.717) is 5.69 Å². The molecule has 1 atom stereocenters. The summed E-state index contributed by atoms with van der Waals surface area (Å²) < 4.78 is 0. The molecular formula is C17H17N3O2. The first-order chi connectivity index (χ1) is 10.5. The van der Waals surface area contributed by atoms with E-state index in [1.54, 1.807) is 6.07 Å². The molecule has 3 N–H and O–H groups in total. The first-order valence-electron chi connectivity index (χ1n) is 7.08. The fraction of sp³-hybridized carbons (Fsp3) is 0.176. The number of benzene rings is 2. The number of hydrogen-bond acceptors (Lipinski definition) is 3. The molecule has 0 bridgehead atoms. The summed E-state index contributed by atoms with van der Waals surface area (Å²) in [6.07, 6.45) is 0. The zero-order valence-electron chi connectivity index (χ0n) is 12.4. The molecule has 0 radical (unpaired) electrons. The monoisotopic (exact) mass is 295 g/mol. The standard InChI is InChI=1S/C17H17N3O2/c1-10-6-7-15-14(8-10)16(17(22)20-15)19-13-5-3-4-12(9-13)18-11(2)21/h3-9,16,19H,1-2H3,(H,18,21)(H,20,22). The van der Waals surface area contributed by atoms with E-state index in [2.05, 4.69) is 16.0 Å². The van der Waals surface area contributed by atoms with Crippen LogP contribution in [0.4, 0.5) is 17.1 Å². The average molecular weight is 295 g/mol. The van der Waals surface area contributed by atoms with Crippen LogP contribution in [0.1, 0.15) is 24.1 Å². The second-order valence-electron chi connectivity index (χ2n) is 5.42. The molecule has 0 aromatic heterocycles. The van der Waals surface area contributed by atoms with Crippen LogP contribution in [0.2, 0.25) is 0 Å². The maximum atomic E-state index is 12.2. The van der Waals surface area contributed by atoms with Crippen molar-refractivity contribution in [3.05, 3.63) is 53.6 Å². The average Bonchev–Trinajstić information content (AvgIpc) is 2.75. The fourth-order valence-electron chi connectivity index (χ4n) is 2.58. The molecule has 1 aliphatic heterocycles. The van der Waals surface area contributed by atoms with E-state index in [-0.39, 0.29) is 11.8 Å². The lowest BCUT2D eigenvalue weighted by molar-refractivity contribution is -0.116. The van der Waals surface area contributed by atoms with Gasteiger partial charge in [0, 0.05) is 29.5 Å². The highest BCUT2D eigenvalue weighted by Gasteiger charge is 2.30. The van der Waals surface area contributed by atoms with Crippen LogP contribution >= 0.6 is 0 Å². The van der Waals surface area contributed by atoms with Crippen molar-refractivity contribution in [3.8, 4) is 0 Å². The van der Waals surface area contributed by atoms with Gasteiger partial charge in [-0.25, -0.2) is 0 Å². The molecule has 22 heavy (non-hydrogen) atoms. The smallest absolute Gasteiger partial charge is 0.251 e. The lowest BCUT2D eigenvalue weighted by atomic mass is 10.1. The zero-order chi connectivity index (χ0) is 15.7. The zero-order valence-corrected chi connectivity index (χ0v) is 12.4. The number of fused-ring (bicyclic) bond motifs is 1. The number of amides is 2. The third kappa shape index (κ3) is 2.79. The van der Waals surface area contributed by atoms with E-state index in [0.717, 1.165) is 22.5 Å². The summed E-state index contributed by atoms with van der Waals surface area (Å²) in [5.74, 6) is -0.206. The van der Waals surface area contributed by atoms with E-state index < -0.39 is 6.04 Å². The van der Waals surface area contributed by atoms with E-state index in [1.807, 2.05) is 43.3 Å². The van der Waals surface area contributed by atoms with Crippen molar-refractivity contribution in [2.75, 3.05) is 16.0 Å². The number of hydrogen-bond donors (Lipinski definition) is 3. The molecule has 2 aromatic carbocycles. The van der Waals surface area contributed by atoms with E-state index in [9.17, 15) is 9.59 Å². The van der Waals surface area contributed by atoms with Crippen molar-refractivity contribution in [3.63, 3.8) is 0 Å². The van der Waals surface area contributed by atoms with Gasteiger partial charge in [0.25, 0.3) is 5.91 Å². The summed E-state index contributed by atoms with van der Waals surface area (Å²) in [6, 6.07) is 12.8. The first kappa shape index (κ1) is 14.1. The summed E-state index contributed by atoms with van der Waals surface area (Å²) in [7, 11) is 0. The molecule has 5 heteroatoms. The predicted molar refractivity (Wildman–Crippen MR) is 86.9 cm³/mol. The Kier molecular flexibility index (Phi) is 3.55. The van der Waals surface area contributed by atoms with Crippen molar-refractivity contribution >= 4 is 28.9 Å². The Morgan fingerprint density at radius 2 is 1.91 bits per heavy atom. The summed E-state index contributed by atoms with van der Waals surface area (Å²) in [5.41, 5.74) is 4.36. The highest BCUT2D eigenvalue weighted by Crippen LogP contribution is 2.34. The largest absolute Gasteiger partial charge is 0.370 e. The van der Waals surface area contributed by atoms with Gasteiger partial charge in [0.15, 0.2) is 0 Å². The third-order valence-electron chi connectivity index (χ3n) is 3.53. The Balaban J connectivity index is 1.86. The summed E-state index contributed by atoms with van der Waals surface area (Å²) in [4.78, 5) is 23.3. The van der Waals surface area contributed by atoms with Crippen molar-refractivity contribution in [1.29, 1.82) is 0 Å². The minimum absolute atomic E-state index is 0.0782. The lowest BCUT2D eigenvalue weighted by Gasteiger charge is -2.14. The van der Waals surface area contributed by atoms with E-state index >= 15 is 0 Å². The van der Waals surface area contributed by atoms with Gasteiger partial charge in [-0.2, -0.15) is 0 Å². The van der Waals surface area contributed by atoms with Crippen molar-refractivity contribution in [2.24, 2.45) is 0 Å². The topological polar surface area (TPSA) is 70.2 Å². The highest BCUT2D eigenvalue weighted by atomic mass is 16.2. The molecule has 0 fully saturated rings. The molecule has 2 aromatic rings. The first-order valence-corrected chi connectivity index (χ1v) is 7.08. The van der Waals surface area contributed by atoms with Crippen LogP contribution in [0.15, 0.2) is 42.5 Å². The molecule has 1 unspecified atom stereocenters. The number of carbonyl (C=O) groups excluding carboxylic acids is 2. The van der Waals surface area contributed by atoms with Gasteiger partial charge in [-0.1, -0.05) is 23.8 Å². The number of nitrogens with one attached hydrogen (secondary N) is 3. The molecular weight excluding hydrogens is 278 g/mol. The molecule has 1 aliphatic rings. The van der Waals surface area contributed by atoms with Crippen LogP contribution in [0.5, 0.6) is 0 Å². The fourth-order valence-corrected chi connectivity index (χ4v) is 2.58. The van der Waals surface area contributed by atoms with Crippen LogP contribution in [0, 0.1) is 6.92 Å². The van der Waals surface area contributed by atoms with Crippen LogP contribution in [0.3, 0.4) is 0 Å². The molecule has 112 valence electrons. The third-order valence-corrected chi connectivity index (χ3v) is 3.53. The van der Waals surface area contributed by atoms with Crippen molar-refractivity contribution in [1.82, 2.24) is 0 Å². The predicted octanol–water partition coefficient (Wildman–Crippen LogP) is 3.06. The van der Waals surface area contributed by atoms with Crippen molar-refractivity contribution < 1.29 is 9.59 Å². The molecule has 5 nitrogen and oxygen atoms in total. The molecule has 0 spiro atoms. The Labute approximate surface area is 128 Å². The van der Waals surface area contributed by atoms with Gasteiger partial charge in [-0.15, -0.1) is 0 Å². The molecule has 0 aliphatic carbocycles. The van der Waals surface area contributed by atoms with Crippen LogP contribution < -0.4 is 16.0 Å². The lowest BCUT2D eigenvalue weighted by Crippen LogP contribution is -2.19. The van der Waals surface area contributed by atoms with Gasteiger partial charge in [0.1, 0.15) is 6.04 Å². The van der Waals surface area contributed by atoms with Gasteiger partial charge in [0.05, 0.1) is 0 Å². The van der Waals surface area contributed by atoms with E-state index in [4.69, 9.17) is 0 Å². The number of rotatable bonds is 3. The van der Waals surface area contributed by atoms with Gasteiger partial charge in [-0.05, 0) is 31.2 Å². The Morgan fingerprint density at radius 3 is 2.68 bits per heavy atom. The number of aryl methyl sites for hydroxylation is 1. The Morgan fingerprint density at radius 1 is 1.14 bits per heavy atom. The maximum absolute atomic E-state index is 12.2. The second-order valence-corrected chi connectivity index (χ2v) is 5.42. The Bertz CT molecular complexity index is 755. The SMILES string of the molecule is CC(=O)Nc1cccc(NC2C(=O)Nc3ccc(C)cc32)c1. The second kappa shape index (κ2) is 5.52. The van der Waals surface area contributed by atoms with Crippen LogP contribution in [0.25, 0.3) is 0 Å². The molecule has 0 saturated carbocycles. The van der Waals surface area contributed by atoms with Gasteiger partial charge < -0.3 is 16.0 Å². The summed E-state index contributed by atoms with van der Waals surface area (Å²) in [5, 5.41) is 8.82. The molecule has 2 amide bonds.